The van der Waals surface area contributed by atoms with Gasteiger partial charge in [-0.3, -0.25) is 5.10 Å². The highest BCUT2D eigenvalue weighted by Gasteiger charge is 2.04. The highest BCUT2D eigenvalue weighted by Crippen LogP contribution is 2.22. The SMILES string of the molecule is CNc1cc(-c2ccc3[nH]c(=O)[nH]c3c2)[nH]n1. The van der Waals surface area contributed by atoms with Crippen molar-refractivity contribution in [3.05, 3.63) is 34.7 Å². The molecule has 0 saturated carbocycles. The molecule has 0 amide bonds. The summed E-state index contributed by atoms with van der Waals surface area (Å²) in [4.78, 5) is 16.6. The summed E-state index contributed by atoms with van der Waals surface area (Å²) in [5, 5.41) is 9.96. The third-order valence-corrected chi connectivity index (χ3v) is 2.66. The van der Waals surface area contributed by atoms with Gasteiger partial charge in [0.05, 0.1) is 16.7 Å². The van der Waals surface area contributed by atoms with Crippen molar-refractivity contribution in [3.8, 4) is 11.3 Å². The molecular formula is C11H11N5O. The van der Waals surface area contributed by atoms with Crippen LogP contribution in [0.3, 0.4) is 0 Å². The van der Waals surface area contributed by atoms with Crippen LogP contribution in [-0.2, 0) is 0 Å². The molecule has 1 aromatic carbocycles. The summed E-state index contributed by atoms with van der Waals surface area (Å²) >= 11 is 0. The van der Waals surface area contributed by atoms with Gasteiger partial charge in [-0.05, 0) is 12.1 Å². The molecule has 0 fully saturated rings. The number of aromatic nitrogens is 4. The van der Waals surface area contributed by atoms with E-state index < -0.39 is 0 Å². The van der Waals surface area contributed by atoms with Crippen molar-refractivity contribution >= 4 is 16.9 Å². The van der Waals surface area contributed by atoms with Gasteiger partial charge in [-0.15, -0.1) is 0 Å². The Kier molecular flexibility index (Phi) is 2.01. The van der Waals surface area contributed by atoms with Crippen molar-refractivity contribution in [2.45, 2.75) is 0 Å². The van der Waals surface area contributed by atoms with Gasteiger partial charge in [0.15, 0.2) is 0 Å². The van der Waals surface area contributed by atoms with Crippen LogP contribution < -0.4 is 11.0 Å². The van der Waals surface area contributed by atoms with E-state index in [0.29, 0.717) is 0 Å². The second-order valence-electron chi connectivity index (χ2n) is 3.76. The van der Waals surface area contributed by atoms with Crippen LogP contribution >= 0.6 is 0 Å². The molecule has 4 N–H and O–H groups in total. The molecule has 0 radical (unpaired) electrons. The van der Waals surface area contributed by atoms with Crippen LogP contribution in [0.1, 0.15) is 0 Å². The lowest BCUT2D eigenvalue weighted by atomic mass is 10.1. The molecule has 0 aliphatic carbocycles. The zero-order chi connectivity index (χ0) is 11.8. The number of fused-ring (bicyclic) bond motifs is 1. The molecule has 2 aromatic heterocycles. The van der Waals surface area contributed by atoms with Gasteiger partial charge in [-0.1, -0.05) is 6.07 Å². The van der Waals surface area contributed by atoms with Crippen molar-refractivity contribution in [1.29, 1.82) is 0 Å². The first-order valence-corrected chi connectivity index (χ1v) is 5.22. The Morgan fingerprint density at radius 3 is 2.76 bits per heavy atom. The molecule has 17 heavy (non-hydrogen) atoms. The highest BCUT2D eigenvalue weighted by molar-refractivity contribution is 5.80. The molecule has 3 aromatic rings. The van der Waals surface area contributed by atoms with Crippen LogP contribution in [0.25, 0.3) is 22.3 Å². The van der Waals surface area contributed by atoms with E-state index in [1.165, 1.54) is 0 Å². The molecule has 3 rings (SSSR count). The van der Waals surface area contributed by atoms with Gasteiger partial charge in [0, 0.05) is 18.7 Å². The number of nitrogens with one attached hydrogen (secondary N) is 4. The minimum Gasteiger partial charge on any atom is -0.372 e. The molecule has 2 heterocycles. The summed E-state index contributed by atoms with van der Waals surface area (Å²) in [7, 11) is 1.81. The molecule has 0 atom stereocenters. The number of aromatic amines is 3. The summed E-state index contributed by atoms with van der Waals surface area (Å²) < 4.78 is 0. The van der Waals surface area contributed by atoms with Crippen molar-refractivity contribution in [2.75, 3.05) is 12.4 Å². The van der Waals surface area contributed by atoms with E-state index in [1.807, 2.05) is 31.3 Å². The molecule has 6 nitrogen and oxygen atoms in total. The summed E-state index contributed by atoms with van der Waals surface area (Å²) in [6.07, 6.45) is 0. The smallest absolute Gasteiger partial charge is 0.323 e. The first kappa shape index (κ1) is 9.71. The zero-order valence-electron chi connectivity index (χ0n) is 9.16. The number of anilines is 1. The second-order valence-corrected chi connectivity index (χ2v) is 3.76. The Morgan fingerprint density at radius 1 is 1.18 bits per heavy atom. The van der Waals surface area contributed by atoms with Crippen LogP contribution in [0.15, 0.2) is 29.1 Å². The third kappa shape index (κ3) is 1.59. The fraction of sp³-hybridized carbons (Fsp3) is 0.0909. The fourth-order valence-corrected chi connectivity index (χ4v) is 1.80. The van der Waals surface area contributed by atoms with E-state index in [-0.39, 0.29) is 5.69 Å². The molecule has 86 valence electrons. The maximum Gasteiger partial charge on any atom is 0.323 e. The fourth-order valence-electron chi connectivity index (χ4n) is 1.80. The first-order chi connectivity index (χ1) is 8.26. The second kappa shape index (κ2) is 3.51. The van der Waals surface area contributed by atoms with Gasteiger partial charge < -0.3 is 15.3 Å². The van der Waals surface area contributed by atoms with Crippen LogP contribution in [0, 0.1) is 0 Å². The van der Waals surface area contributed by atoms with E-state index in [2.05, 4.69) is 25.5 Å². The first-order valence-electron chi connectivity index (χ1n) is 5.22. The minimum absolute atomic E-state index is 0.197. The Morgan fingerprint density at radius 2 is 2.00 bits per heavy atom. The van der Waals surface area contributed by atoms with Gasteiger partial charge >= 0.3 is 5.69 Å². The average Bonchev–Trinajstić information content (AvgIpc) is 2.92. The van der Waals surface area contributed by atoms with E-state index in [9.17, 15) is 4.79 Å². The monoisotopic (exact) mass is 229 g/mol. The molecule has 6 heteroatoms. The number of imidazole rings is 1. The molecular weight excluding hydrogens is 218 g/mol. The number of hydrogen-bond donors (Lipinski definition) is 4. The Hall–Kier alpha value is -2.50. The minimum atomic E-state index is -0.197. The quantitative estimate of drug-likeness (QED) is 0.533. The summed E-state index contributed by atoms with van der Waals surface area (Å²) in [6.45, 7) is 0. The molecule has 0 saturated heterocycles. The van der Waals surface area contributed by atoms with Gasteiger partial charge in [0.2, 0.25) is 0 Å². The molecule has 0 unspecified atom stereocenters. The van der Waals surface area contributed by atoms with E-state index >= 15 is 0 Å². The summed E-state index contributed by atoms with van der Waals surface area (Å²) in [6, 6.07) is 7.60. The van der Waals surface area contributed by atoms with Gasteiger partial charge in [0.1, 0.15) is 5.82 Å². The Balaban J connectivity index is 2.13. The number of H-pyrrole nitrogens is 3. The highest BCUT2D eigenvalue weighted by atomic mass is 16.1. The maximum atomic E-state index is 11.1. The van der Waals surface area contributed by atoms with Gasteiger partial charge in [-0.2, -0.15) is 5.10 Å². The third-order valence-electron chi connectivity index (χ3n) is 2.66. The van der Waals surface area contributed by atoms with E-state index in [1.54, 1.807) is 0 Å². The number of nitrogens with zero attached hydrogens (tertiary/aromatic N) is 1. The Labute approximate surface area is 96.1 Å². The normalized spacial score (nSPS) is 10.9. The predicted octanol–water partition coefficient (Wildman–Crippen LogP) is 1.29. The standard InChI is InChI=1S/C11H11N5O/c1-12-10-5-8(15-16-10)6-2-3-7-9(4-6)14-11(17)13-7/h2-5H,1H3,(H2,12,15,16)(H2,13,14,17). The summed E-state index contributed by atoms with van der Waals surface area (Å²) in [5.74, 6) is 0.780. The molecule has 0 aliphatic heterocycles. The van der Waals surface area contributed by atoms with Crippen molar-refractivity contribution in [1.82, 2.24) is 20.2 Å². The maximum absolute atomic E-state index is 11.1. The predicted molar refractivity (Wildman–Crippen MR) is 66.0 cm³/mol. The lowest BCUT2D eigenvalue weighted by Gasteiger charge is -1.96. The average molecular weight is 229 g/mol. The topological polar surface area (TPSA) is 89.4 Å². The van der Waals surface area contributed by atoms with E-state index in [4.69, 9.17) is 0 Å². The number of hydrogen-bond acceptors (Lipinski definition) is 3. The zero-order valence-corrected chi connectivity index (χ0v) is 9.16. The van der Waals surface area contributed by atoms with Gasteiger partial charge in [-0.25, -0.2) is 4.79 Å². The summed E-state index contributed by atoms with van der Waals surface area (Å²) in [5.41, 5.74) is 3.26. The molecule has 0 bridgehead atoms. The lowest BCUT2D eigenvalue weighted by Crippen LogP contribution is -1.99. The van der Waals surface area contributed by atoms with Crippen molar-refractivity contribution in [2.24, 2.45) is 0 Å². The number of benzene rings is 1. The Bertz CT molecular complexity index is 721. The van der Waals surface area contributed by atoms with Crippen LogP contribution in [0.5, 0.6) is 0 Å². The molecule has 0 spiro atoms. The molecule has 0 aliphatic rings. The number of rotatable bonds is 2. The van der Waals surface area contributed by atoms with Crippen LogP contribution in [0.4, 0.5) is 5.82 Å². The van der Waals surface area contributed by atoms with Crippen molar-refractivity contribution < 1.29 is 0 Å². The van der Waals surface area contributed by atoms with Crippen molar-refractivity contribution in [3.63, 3.8) is 0 Å². The van der Waals surface area contributed by atoms with Crippen LogP contribution in [0.2, 0.25) is 0 Å². The van der Waals surface area contributed by atoms with E-state index in [0.717, 1.165) is 28.1 Å². The lowest BCUT2D eigenvalue weighted by molar-refractivity contribution is 1.09. The largest absolute Gasteiger partial charge is 0.372 e. The van der Waals surface area contributed by atoms with Gasteiger partial charge in [0.25, 0.3) is 0 Å². The van der Waals surface area contributed by atoms with Crippen LogP contribution in [-0.4, -0.2) is 27.2 Å².